The normalized spacial score (nSPS) is 23.7. The predicted molar refractivity (Wildman–Crippen MR) is 98.4 cm³/mol. The van der Waals surface area contributed by atoms with E-state index in [-0.39, 0.29) is 5.78 Å². The standard InChI is InChI=1S/C18H24N2O5S/c1-12-10-15(21)17(20(2)11-12)13-6-4-7-14(19-26(3,22)23)18(13)25-16-8-5-9-24-16/h4,6-7,11,16-17,19H,5,8-10H2,1-3H3. The second kappa shape index (κ2) is 7.28. The summed E-state index contributed by atoms with van der Waals surface area (Å²) in [7, 11) is -1.67. The van der Waals surface area contributed by atoms with Gasteiger partial charge in [-0.25, -0.2) is 8.42 Å². The molecule has 0 saturated carbocycles. The molecule has 2 aliphatic heterocycles. The van der Waals surface area contributed by atoms with E-state index in [4.69, 9.17) is 9.47 Å². The second-order valence-corrected chi connectivity index (χ2v) is 8.59. The highest BCUT2D eigenvalue weighted by molar-refractivity contribution is 7.92. The molecular formula is C18H24N2O5S. The van der Waals surface area contributed by atoms with Gasteiger partial charge in [-0.2, -0.15) is 0 Å². The van der Waals surface area contributed by atoms with Crippen molar-refractivity contribution in [3.05, 3.63) is 35.5 Å². The first kappa shape index (κ1) is 18.7. The van der Waals surface area contributed by atoms with Crippen LogP contribution in [0.3, 0.4) is 0 Å². The number of sulfonamides is 1. The van der Waals surface area contributed by atoms with Crippen molar-refractivity contribution < 1.29 is 22.7 Å². The van der Waals surface area contributed by atoms with Gasteiger partial charge in [0.05, 0.1) is 18.6 Å². The van der Waals surface area contributed by atoms with Gasteiger partial charge in [0.15, 0.2) is 17.8 Å². The number of benzene rings is 1. The summed E-state index contributed by atoms with van der Waals surface area (Å²) in [6, 6.07) is 4.61. The van der Waals surface area contributed by atoms with E-state index in [0.717, 1.165) is 24.7 Å². The highest BCUT2D eigenvalue weighted by Crippen LogP contribution is 2.40. The van der Waals surface area contributed by atoms with Gasteiger partial charge in [-0.3, -0.25) is 9.52 Å². The van der Waals surface area contributed by atoms with Crippen LogP contribution in [0.4, 0.5) is 5.69 Å². The van der Waals surface area contributed by atoms with E-state index in [0.29, 0.717) is 30.0 Å². The number of nitrogens with one attached hydrogen (secondary N) is 1. The Kier molecular flexibility index (Phi) is 5.24. The van der Waals surface area contributed by atoms with Crippen LogP contribution in [0.2, 0.25) is 0 Å². The smallest absolute Gasteiger partial charge is 0.229 e. The van der Waals surface area contributed by atoms with E-state index < -0.39 is 22.4 Å². The van der Waals surface area contributed by atoms with Gasteiger partial charge in [0.25, 0.3) is 0 Å². The molecule has 1 aromatic rings. The van der Waals surface area contributed by atoms with Gasteiger partial charge >= 0.3 is 0 Å². The van der Waals surface area contributed by atoms with Crippen molar-refractivity contribution in [1.29, 1.82) is 0 Å². The van der Waals surface area contributed by atoms with Crippen LogP contribution in [0.5, 0.6) is 5.75 Å². The molecule has 26 heavy (non-hydrogen) atoms. The number of carbonyl (C=O) groups is 1. The second-order valence-electron chi connectivity index (χ2n) is 6.85. The van der Waals surface area contributed by atoms with Crippen LogP contribution in [0, 0.1) is 0 Å². The first-order chi connectivity index (χ1) is 12.2. The van der Waals surface area contributed by atoms with Crippen molar-refractivity contribution in [3.63, 3.8) is 0 Å². The number of hydrogen-bond donors (Lipinski definition) is 1. The predicted octanol–water partition coefficient (Wildman–Crippen LogP) is 2.42. The number of rotatable bonds is 5. The molecule has 0 radical (unpaired) electrons. The first-order valence-electron chi connectivity index (χ1n) is 8.55. The van der Waals surface area contributed by atoms with Crippen molar-refractivity contribution in [2.45, 2.75) is 38.5 Å². The van der Waals surface area contributed by atoms with Crippen molar-refractivity contribution in [3.8, 4) is 5.75 Å². The maximum absolute atomic E-state index is 12.7. The van der Waals surface area contributed by atoms with Crippen LogP contribution >= 0.6 is 0 Å². The van der Waals surface area contributed by atoms with Crippen LogP contribution in [0.25, 0.3) is 0 Å². The largest absolute Gasteiger partial charge is 0.462 e. The molecule has 0 aliphatic carbocycles. The van der Waals surface area contributed by atoms with Gasteiger partial charge in [-0.1, -0.05) is 12.1 Å². The molecule has 1 N–H and O–H groups in total. The lowest BCUT2D eigenvalue weighted by Gasteiger charge is -2.32. The summed E-state index contributed by atoms with van der Waals surface area (Å²) >= 11 is 0. The van der Waals surface area contributed by atoms with Crippen molar-refractivity contribution in [2.75, 3.05) is 24.6 Å². The zero-order chi connectivity index (χ0) is 18.9. The average Bonchev–Trinajstić information content (AvgIpc) is 3.00. The molecule has 2 atom stereocenters. The van der Waals surface area contributed by atoms with Crippen LogP contribution in [-0.2, 0) is 19.6 Å². The number of anilines is 1. The summed E-state index contributed by atoms with van der Waals surface area (Å²) in [5.74, 6) is 0.393. The lowest BCUT2D eigenvalue weighted by Crippen LogP contribution is -2.32. The lowest BCUT2D eigenvalue weighted by atomic mass is 9.93. The van der Waals surface area contributed by atoms with E-state index in [1.807, 2.05) is 25.1 Å². The van der Waals surface area contributed by atoms with E-state index in [9.17, 15) is 13.2 Å². The molecule has 3 rings (SSSR count). The number of ether oxygens (including phenoxy) is 2. The summed E-state index contributed by atoms with van der Waals surface area (Å²) in [6.45, 7) is 2.52. The zero-order valence-electron chi connectivity index (χ0n) is 15.2. The Morgan fingerprint density at radius 2 is 2.12 bits per heavy atom. The first-order valence-corrected chi connectivity index (χ1v) is 10.4. The molecule has 8 heteroatoms. The lowest BCUT2D eigenvalue weighted by molar-refractivity contribution is -0.123. The minimum absolute atomic E-state index is 0.0428. The number of carbonyl (C=O) groups excluding carboxylic acids is 1. The van der Waals surface area contributed by atoms with Crippen molar-refractivity contribution in [2.24, 2.45) is 0 Å². The summed E-state index contributed by atoms with van der Waals surface area (Å²) in [6.07, 6.45) is 4.53. The maximum atomic E-state index is 12.7. The Morgan fingerprint density at radius 1 is 1.35 bits per heavy atom. The number of allylic oxidation sites excluding steroid dienone is 1. The van der Waals surface area contributed by atoms with Gasteiger partial charge in [-0.05, 0) is 31.2 Å². The molecule has 1 saturated heterocycles. The zero-order valence-corrected chi connectivity index (χ0v) is 16.0. The molecule has 0 aromatic heterocycles. The highest BCUT2D eigenvalue weighted by atomic mass is 32.2. The molecule has 0 amide bonds. The fourth-order valence-corrected chi connectivity index (χ4v) is 3.97. The van der Waals surface area contributed by atoms with E-state index in [1.165, 1.54) is 0 Å². The van der Waals surface area contributed by atoms with E-state index >= 15 is 0 Å². The third kappa shape index (κ3) is 4.19. The van der Waals surface area contributed by atoms with E-state index in [2.05, 4.69) is 4.72 Å². The van der Waals surface area contributed by atoms with Crippen molar-refractivity contribution in [1.82, 2.24) is 4.90 Å². The molecule has 1 aromatic carbocycles. The Hall–Kier alpha value is -2.06. The van der Waals surface area contributed by atoms with Gasteiger partial charge in [0, 0.05) is 25.5 Å². The minimum Gasteiger partial charge on any atom is -0.462 e. The van der Waals surface area contributed by atoms with Gasteiger partial charge in [0.2, 0.25) is 10.0 Å². The van der Waals surface area contributed by atoms with Gasteiger partial charge in [0.1, 0.15) is 6.04 Å². The van der Waals surface area contributed by atoms with Crippen LogP contribution in [-0.4, -0.2) is 45.3 Å². The molecule has 2 unspecified atom stereocenters. The van der Waals surface area contributed by atoms with E-state index in [1.54, 1.807) is 18.2 Å². The number of hydrogen-bond acceptors (Lipinski definition) is 6. The number of nitrogens with zero attached hydrogens (tertiary/aromatic N) is 1. The topological polar surface area (TPSA) is 84.9 Å². The molecule has 1 fully saturated rings. The Labute approximate surface area is 154 Å². The van der Waals surface area contributed by atoms with Crippen LogP contribution in [0.15, 0.2) is 30.0 Å². The van der Waals surface area contributed by atoms with Gasteiger partial charge < -0.3 is 14.4 Å². The highest BCUT2D eigenvalue weighted by Gasteiger charge is 2.32. The fraction of sp³-hybridized carbons (Fsp3) is 0.500. The van der Waals surface area contributed by atoms with Crippen LogP contribution < -0.4 is 9.46 Å². The average molecular weight is 380 g/mol. The fourth-order valence-electron chi connectivity index (χ4n) is 3.41. The Morgan fingerprint density at radius 3 is 2.73 bits per heavy atom. The number of Topliss-reactive ketones (excluding diaryl/α,β-unsaturated/α-hetero) is 1. The molecular weight excluding hydrogens is 356 g/mol. The number of ketones is 1. The van der Waals surface area contributed by atoms with Crippen molar-refractivity contribution >= 4 is 21.5 Å². The molecule has 7 nitrogen and oxygen atoms in total. The number of para-hydroxylation sites is 1. The molecule has 142 valence electrons. The maximum Gasteiger partial charge on any atom is 0.229 e. The summed E-state index contributed by atoms with van der Waals surface area (Å²) in [5, 5.41) is 0. The summed E-state index contributed by atoms with van der Waals surface area (Å²) in [5.41, 5.74) is 1.93. The SMILES string of the molecule is CC1=CN(C)C(c2cccc(NS(C)(=O)=O)c2OC2CCCO2)C(=O)C1. The summed E-state index contributed by atoms with van der Waals surface area (Å²) in [4.78, 5) is 14.5. The molecule has 0 bridgehead atoms. The third-order valence-electron chi connectivity index (χ3n) is 4.36. The third-order valence-corrected chi connectivity index (χ3v) is 4.95. The molecule has 2 aliphatic rings. The monoisotopic (exact) mass is 380 g/mol. The Bertz CT molecular complexity index is 828. The minimum atomic E-state index is -3.50. The Balaban J connectivity index is 2.05. The van der Waals surface area contributed by atoms with Crippen LogP contribution in [0.1, 0.15) is 37.8 Å². The number of likely N-dealkylation sites (N-methyl/N-ethyl adjacent to an activating group) is 1. The summed E-state index contributed by atoms with van der Waals surface area (Å²) < 4.78 is 37.6. The molecule has 0 spiro atoms. The quantitative estimate of drug-likeness (QED) is 0.844. The van der Waals surface area contributed by atoms with Gasteiger partial charge in [-0.15, -0.1) is 0 Å². The molecule has 2 heterocycles.